The number of hydrogen-bond acceptors (Lipinski definition) is 3. The third-order valence-electron chi connectivity index (χ3n) is 3.06. The molecule has 0 aliphatic carbocycles. The molecule has 0 N–H and O–H groups in total. The molecule has 18 heavy (non-hydrogen) atoms. The fourth-order valence-corrected chi connectivity index (χ4v) is 3.97. The van der Waals surface area contributed by atoms with Gasteiger partial charge in [0.1, 0.15) is 0 Å². The minimum atomic E-state index is -3.51. The van der Waals surface area contributed by atoms with Gasteiger partial charge in [-0.05, 0) is 18.9 Å². The summed E-state index contributed by atoms with van der Waals surface area (Å²) in [5.41, 5.74) is 1.24. The van der Waals surface area contributed by atoms with Crippen molar-refractivity contribution in [2.45, 2.75) is 30.8 Å². The number of carbonyl (C=O) groups excluding carboxylic acids is 1. The zero-order valence-corrected chi connectivity index (χ0v) is 13.1. The molecule has 0 aliphatic rings. The Morgan fingerprint density at radius 1 is 1.28 bits per heavy atom. The van der Waals surface area contributed by atoms with Gasteiger partial charge in [-0.1, -0.05) is 54.0 Å². The summed E-state index contributed by atoms with van der Waals surface area (Å²) in [6.45, 7) is 5.04. The lowest BCUT2D eigenvalue weighted by Gasteiger charge is -2.24. The van der Waals surface area contributed by atoms with E-state index in [1.54, 1.807) is 39.0 Å². The Kier molecular flexibility index (Phi) is 4.72. The lowest BCUT2D eigenvalue weighted by atomic mass is 10.0. The molecular weight excluding hydrogens is 316 g/mol. The van der Waals surface area contributed by atoms with Crippen LogP contribution in [-0.2, 0) is 9.84 Å². The number of benzene rings is 1. The Hall–Kier alpha value is -0.680. The van der Waals surface area contributed by atoms with E-state index < -0.39 is 13.5 Å². The van der Waals surface area contributed by atoms with Gasteiger partial charge in [-0.15, -0.1) is 0 Å². The fraction of sp³-hybridized carbons (Fsp3) is 0.462. The van der Waals surface area contributed by atoms with Gasteiger partial charge in [-0.2, -0.15) is 0 Å². The molecule has 1 aromatic carbocycles. The van der Waals surface area contributed by atoms with Crippen molar-refractivity contribution in [3.05, 3.63) is 35.4 Å². The summed E-state index contributed by atoms with van der Waals surface area (Å²) in [7, 11) is -3.51. The smallest absolute Gasteiger partial charge is 0.195 e. The Morgan fingerprint density at radius 3 is 2.28 bits per heavy atom. The van der Waals surface area contributed by atoms with Gasteiger partial charge in [-0.3, -0.25) is 4.79 Å². The van der Waals surface area contributed by atoms with Crippen LogP contribution in [0, 0.1) is 6.92 Å². The molecule has 0 saturated carbocycles. The van der Waals surface area contributed by atoms with Crippen molar-refractivity contribution in [1.82, 2.24) is 0 Å². The molecule has 0 saturated heterocycles. The molecule has 5 heteroatoms. The summed E-state index contributed by atoms with van der Waals surface area (Å²) in [6, 6.07) is 7.02. The summed E-state index contributed by atoms with van der Waals surface area (Å²) in [6.07, 6.45) is 0.205. The van der Waals surface area contributed by atoms with Crippen LogP contribution in [0.1, 0.15) is 36.2 Å². The summed E-state index contributed by atoms with van der Waals surface area (Å²) in [5.74, 6) is -0.450. The zero-order chi connectivity index (χ0) is 14.0. The predicted octanol–water partition coefficient (Wildman–Crippen LogP) is 3.11. The molecule has 1 aromatic rings. The second-order valence-electron chi connectivity index (χ2n) is 4.13. The summed E-state index contributed by atoms with van der Waals surface area (Å²) in [4.78, 5) is 12.5. The molecule has 0 heterocycles. The molecule has 0 bridgehead atoms. The fourth-order valence-electron chi connectivity index (χ4n) is 1.78. The van der Waals surface area contributed by atoms with Gasteiger partial charge in [-0.25, -0.2) is 8.42 Å². The first-order chi connectivity index (χ1) is 8.30. The Balaban J connectivity index is 3.36. The molecule has 100 valence electrons. The molecule has 1 atom stereocenters. The van der Waals surface area contributed by atoms with Crippen LogP contribution >= 0.6 is 15.9 Å². The van der Waals surface area contributed by atoms with E-state index in [9.17, 15) is 13.2 Å². The number of halogens is 1. The zero-order valence-electron chi connectivity index (χ0n) is 10.7. The first-order valence-corrected chi connectivity index (χ1v) is 8.26. The second-order valence-corrected chi connectivity index (χ2v) is 8.51. The second kappa shape index (κ2) is 5.53. The molecule has 1 unspecified atom stereocenters. The van der Waals surface area contributed by atoms with Crippen LogP contribution in [-0.4, -0.2) is 23.6 Å². The molecular formula is C13H17BrO3S. The molecule has 0 aromatic heterocycles. The standard InChI is InChI=1S/C13H17BrO3S/c1-4-13(14,18(16,17)5-2)12(15)11-9-7-6-8-10(11)3/h6-9H,4-5H2,1-3H3. The van der Waals surface area contributed by atoms with Crippen molar-refractivity contribution in [3.63, 3.8) is 0 Å². The van der Waals surface area contributed by atoms with Crippen molar-refractivity contribution in [2.75, 3.05) is 5.75 Å². The quantitative estimate of drug-likeness (QED) is 0.614. The van der Waals surface area contributed by atoms with Gasteiger partial charge < -0.3 is 0 Å². The molecule has 3 nitrogen and oxygen atoms in total. The van der Waals surface area contributed by atoms with Crippen LogP contribution in [0.2, 0.25) is 0 Å². The normalized spacial score (nSPS) is 15.1. The molecule has 1 rings (SSSR count). The van der Waals surface area contributed by atoms with Crippen LogP contribution in [0.15, 0.2) is 24.3 Å². The van der Waals surface area contributed by atoms with E-state index in [0.29, 0.717) is 5.56 Å². The molecule has 0 aliphatic heterocycles. The number of alkyl halides is 1. The minimum absolute atomic E-state index is 0.0658. The van der Waals surface area contributed by atoms with Crippen molar-refractivity contribution in [1.29, 1.82) is 0 Å². The van der Waals surface area contributed by atoms with Gasteiger partial charge >= 0.3 is 0 Å². The van der Waals surface area contributed by atoms with Gasteiger partial charge in [0.15, 0.2) is 19.3 Å². The van der Waals surface area contributed by atoms with Crippen LogP contribution in [0.3, 0.4) is 0 Å². The van der Waals surface area contributed by atoms with Crippen molar-refractivity contribution in [2.24, 2.45) is 0 Å². The monoisotopic (exact) mass is 332 g/mol. The molecule has 0 amide bonds. The largest absolute Gasteiger partial charge is 0.291 e. The number of sulfone groups is 1. The maximum atomic E-state index is 12.5. The average molecular weight is 333 g/mol. The topological polar surface area (TPSA) is 51.2 Å². The number of ketones is 1. The number of hydrogen-bond donors (Lipinski definition) is 0. The van der Waals surface area contributed by atoms with Crippen LogP contribution < -0.4 is 0 Å². The van der Waals surface area contributed by atoms with E-state index in [4.69, 9.17) is 0 Å². The highest BCUT2D eigenvalue weighted by atomic mass is 79.9. The number of Topliss-reactive ketones (excluding diaryl/α,β-unsaturated/α-hetero) is 1. The highest BCUT2D eigenvalue weighted by Gasteiger charge is 2.46. The van der Waals surface area contributed by atoms with Crippen molar-refractivity contribution < 1.29 is 13.2 Å². The van der Waals surface area contributed by atoms with E-state index in [2.05, 4.69) is 15.9 Å². The van der Waals surface area contributed by atoms with E-state index in [0.717, 1.165) is 5.56 Å². The molecule has 0 radical (unpaired) electrons. The maximum absolute atomic E-state index is 12.5. The SMILES string of the molecule is CCC(Br)(C(=O)c1ccccc1C)S(=O)(=O)CC. The molecule has 0 fully saturated rings. The molecule has 0 spiro atoms. The Labute approximate surface area is 117 Å². The van der Waals surface area contributed by atoms with Crippen LogP contribution in [0.25, 0.3) is 0 Å². The summed E-state index contributed by atoms with van der Waals surface area (Å²) < 4.78 is 22.7. The van der Waals surface area contributed by atoms with E-state index in [1.807, 2.05) is 6.07 Å². The van der Waals surface area contributed by atoms with Crippen LogP contribution in [0.5, 0.6) is 0 Å². The number of rotatable bonds is 5. The summed E-state index contributed by atoms with van der Waals surface area (Å²) >= 11 is 3.16. The summed E-state index contributed by atoms with van der Waals surface area (Å²) in [5, 5.41) is 0. The number of carbonyl (C=O) groups is 1. The third kappa shape index (κ3) is 2.52. The highest BCUT2D eigenvalue weighted by Crippen LogP contribution is 2.34. The van der Waals surface area contributed by atoms with Crippen LogP contribution in [0.4, 0.5) is 0 Å². The number of aryl methyl sites for hydroxylation is 1. The first-order valence-electron chi connectivity index (χ1n) is 5.81. The average Bonchev–Trinajstić information content (AvgIpc) is 2.37. The Morgan fingerprint density at radius 2 is 1.83 bits per heavy atom. The van der Waals surface area contributed by atoms with Crippen molar-refractivity contribution in [3.8, 4) is 0 Å². The maximum Gasteiger partial charge on any atom is 0.195 e. The van der Waals surface area contributed by atoms with Gasteiger partial charge in [0.25, 0.3) is 0 Å². The third-order valence-corrected chi connectivity index (χ3v) is 7.68. The minimum Gasteiger partial charge on any atom is -0.291 e. The predicted molar refractivity (Wildman–Crippen MR) is 76.9 cm³/mol. The van der Waals surface area contributed by atoms with E-state index >= 15 is 0 Å². The van der Waals surface area contributed by atoms with Gasteiger partial charge in [0, 0.05) is 11.3 Å². The van der Waals surface area contributed by atoms with E-state index in [-0.39, 0.29) is 18.0 Å². The highest BCUT2D eigenvalue weighted by molar-refractivity contribution is 9.12. The lowest BCUT2D eigenvalue weighted by Crippen LogP contribution is -2.41. The van der Waals surface area contributed by atoms with Gasteiger partial charge in [0.2, 0.25) is 0 Å². The lowest BCUT2D eigenvalue weighted by molar-refractivity contribution is 0.0975. The van der Waals surface area contributed by atoms with Crippen molar-refractivity contribution >= 4 is 31.6 Å². The van der Waals surface area contributed by atoms with E-state index in [1.165, 1.54) is 0 Å². The first kappa shape index (κ1) is 15.4. The van der Waals surface area contributed by atoms with Gasteiger partial charge in [0.05, 0.1) is 0 Å². The Bertz CT molecular complexity index is 551.